The highest BCUT2D eigenvalue weighted by Gasteiger charge is 2.05. The molecule has 0 saturated carbocycles. The van der Waals surface area contributed by atoms with Crippen LogP contribution >= 0.6 is 12.2 Å². The molecule has 0 saturated heterocycles. The Bertz CT molecular complexity index is 758. The predicted octanol–water partition coefficient (Wildman–Crippen LogP) is 3.58. The van der Waals surface area contributed by atoms with Crippen LogP contribution in [0.1, 0.15) is 0 Å². The van der Waals surface area contributed by atoms with Gasteiger partial charge < -0.3 is 15.2 Å². The first-order valence-corrected chi connectivity index (χ1v) is 6.55. The minimum atomic E-state index is 0.708. The number of hydrogen-bond donors (Lipinski definition) is 2. The smallest absolute Gasteiger partial charge is 0.172 e. The number of aromatic nitrogens is 1. The molecule has 2 aromatic carbocycles. The highest BCUT2D eigenvalue weighted by molar-refractivity contribution is 7.80. The van der Waals surface area contributed by atoms with Crippen molar-refractivity contribution < 1.29 is 0 Å². The van der Waals surface area contributed by atoms with E-state index in [1.165, 1.54) is 10.8 Å². The molecule has 0 atom stereocenters. The zero-order chi connectivity index (χ0) is 13.4. The summed E-state index contributed by atoms with van der Waals surface area (Å²) in [6.45, 7) is 0. The van der Waals surface area contributed by atoms with Gasteiger partial charge in [0.2, 0.25) is 0 Å². The van der Waals surface area contributed by atoms with Crippen molar-refractivity contribution >= 4 is 44.8 Å². The molecule has 0 spiro atoms. The highest BCUT2D eigenvalue weighted by atomic mass is 32.1. The number of hydrogen-bond acceptors (Lipinski definition) is 1. The third-order valence-corrected chi connectivity index (χ3v) is 3.63. The number of nitrogens with one attached hydrogen (secondary N) is 2. The molecule has 0 radical (unpaired) electrons. The van der Waals surface area contributed by atoms with E-state index in [1.807, 2.05) is 31.1 Å². The van der Waals surface area contributed by atoms with Gasteiger partial charge in [0.15, 0.2) is 5.11 Å². The normalized spacial score (nSPS) is 10.8. The first kappa shape index (κ1) is 12.0. The number of nitrogens with zero attached hydrogens (tertiary/aromatic N) is 1. The monoisotopic (exact) mass is 269 g/mol. The van der Waals surface area contributed by atoms with Gasteiger partial charge in [-0.05, 0) is 36.5 Å². The maximum absolute atomic E-state index is 5.26. The van der Waals surface area contributed by atoms with E-state index >= 15 is 0 Å². The molecule has 0 amide bonds. The lowest BCUT2D eigenvalue weighted by atomic mass is 10.1. The molecule has 0 aliphatic rings. The summed E-state index contributed by atoms with van der Waals surface area (Å²) in [5, 5.41) is 6.38. The number of anilines is 1. The molecule has 19 heavy (non-hydrogen) atoms. The summed E-state index contributed by atoms with van der Waals surface area (Å²) in [5.74, 6) is 0. The second kappa shape index (κ2) is 4.55. The van der Waals surface area contributed by atoms with Crippen LogP contribution in [0.2, 0.25) is 0 Å². The molecule has 4 heteroatoms. The average molecular weight is 269 g/mol. The Morgan fingerprint density at radius 2 is 1.79 bits per heavy atom. The van der Waals surface area contributed by atoms with Crippen molar-refractivity contribution in [3.63, 3.8) is 0 Å². The van der Waals surface area contributed by atoms with Crippen molar-refractivity contribution in [3.8, 4) is 0 Å². The Labute approximate surface area is 117 Å². The molecule has 96 valence electrons. The number of thiocarbonyl (C=S) groups is 1. The molecule has 0 aliphatic carbocycles. The second-order valence-electron chi connectivity index (χ2n) is 4.76. The van der Waals surface area contributed by atoms with Crippen LogP contribution in [0.3, 0.4) is 0 Å². The van der Waals surface area contributed by atoms with Gasteiger partial charge in [-0.1, -0.05) is 18.2 Å². The Kier molecular flexibility index (Phi) is 2.87. The van der Waals surface area contributed by atoms with Gasteiger partial charge in [-0.3, -0.25) is 0 Å². The van der Waals surface area contributed by atoms with Crippen LogP contribution in [-0.4, -0.2) is 29.1 Å². The van der Waals surface area contributed by atoms with Crippen LogP contribution in [-0.2, 0) is 0 Å². The van der Waals surface area contributed by atoms with Crippen LogP contribution in [0.5, 0.6) is 0 Å². The lowest BCUT2D eigenvalue weighted by molar-refractivity contribution is 0.634. The standard InChI is InChI=1S/C15H15N3S/c1-18(2)15(19)16-10-7-8-14-12(9-10)11-5-3-4-6-13(11)17-14/h3-9,17H,1-2H3,(H,16,19). The van der Waals surface area contributed by atoms with Crippen LogP contribution in [0, 0.1) is 0 Å². The molecule has 3 rings (SSSR count). The van der Waals surface area contributed by atoms with E-state index in [4.69, 9.17) is 12.2 Å². The van der Waals surface area contributed by atoms with Crippen molar-refractivity contribution in [1.82, 2.24) is 9.88 Å². The van der Waals surface area contributed by atoms with Crippen LogP contribution in [0.25, 0.3) is 21.8 Å². The van der Waals surface area contributed by atoms with E-state index in [-0.39, 0.29) is 0 Å². The van der Waals surface area contributed by atoms with E-state index in [1.54, 1.807) is 0 Å². The lowest BCUT2D eigenvalue weighted by Crippen LogP contribution is -2.26. The summed E-state index contributed by atoms with van der Waals surface area (Å²) < 4.78 is 0. The van der Waals surface area contributed by atoms with Crippen molar-refractivity contribution in [2.24, 2.45) is 0 Å². The maximum atomic E-state index is 5.26. The summed E-state index contributed by atoms with van der Waals surface area (Å²) in [7, 11) is 3.86. The molecule has 1 heterocycles. The Morgan fingerprint density at radius 1 is 1.05 bits per heavy atom. The summed E-state index contributed by atoms with van der Waals surface area (Å²) in [6.07, 6.45) is 0. The molecule has 0 aliphatic heterocycles. The van der Waals surface area contributed by atoms with Gasteiger partial charge in [-0.15, -0.1) is 0 Å². The van der Waals surface area contributed by atoms with Crippen LogP contribution in [0.4, 0.5) is 5.69 Å². The van der Waals surface area contributed by atoms with Gasteiger partial charge >= 0.3 is 0 Å². The summed E-state index contributed by atoms with van der Waals surface area (Å²) in [4.78, 5) is 5.29. The molecule has 0 fully saturated rings. The quantitative estimate of drug-likeness (QED) is 0.662. The SMILES string of the molecule is CN(C)C(=S)Nc1ccc2[nH]c3ccccc3c2c1. The first-order chi connectivity index (χ1) is 9.15. The fraction of sp³-hybridized carbons (Fsp3) is 0.133. The van der Waals surface area contributed by atoms with Crippen LogP contribution < -0.4 is 5.32 Å². The number of aromatic amines is 1. The molecule has 1 aromatic heterocycles. The molecule has 3 aromatic rings. The van der Waals surface area contributed by atoms with Crippen molar-refractivity contribution in [2.45, 2.75) is 0 Å². The average Bonchev–Trinajstić information content (AvgIpc) is 2.76. The number of rotatable bonds is 1. The van der Waals surface area contributed by atoms with E-state index < -0.39 is 0 Å². The topological polar surface area (TPSA) is 31.1 Å². The minimum absolute atomic E-state index is 0.708. The molecular formula is C15H15N3S. The lowest BCUT2D eigenvalue weighted by Gasteiger charge is -2.15. The predicted molar refractivity (Wildman–Crippen MR) is 85.7 cm³/mol. The van der Waals surface area contributed by atoms with Gasteiger partial charge in [0.1, 0.15) is 0 Å². The van der Waals surface area contributed by atoms with Crippen molar-refractivity contribution in [2.75, 3.05) is 19.4 Å². The third kappa shape index (κ3) is 2.15. The fourth-order valence-corrected chi connectivity index (χ4v) is 2.28. The zero-order valence-electron chi connectivity index (χ0n) is 10.9. The molecule has 0 unspecified atom stereocenters. The van der Waals surface area contributed by atoms with E-state index in [0.29, 0.717) is 5.11 Å². The first-order valence-electron chi connectivity index (χ1n) is 6.14. The van der Waals surface area contributed by atoms with E-state index in [9.17, 15) is 0 Å². The zero-order valence-corrected chi connectivity index (χ0v) is 11.7. The molecular weight excluding hydrogens is 254 g/mol. The number of H-pyrrole nitrogens is 1. The molecule has 2 N–H and O–H groups in total. The third-order valence-electron chi connectivity index (χ3n) is 3.16. The van der Waals surface area contributed by atoms with Gasteiger partial charge in [-0.25, -0.2) is 0 Å². The van der Waals surface area contributed by atoms with Gasteiger partial charge in [0, 0.05) is 41.6 Å². The van der Waals surface area contributed by atoms with Crippen molar-refractivity contribution in [3.05, 3.63) is 42.5 Å². The summed E-state index contributed by atoms with van der Waals surface area (Å²) in [6, 6.07) is 14.6. The number of benzene rings is 2. The highest BCUT2D eigenvalue weighted by Crippen LogP contribution is 2.27. The Morgan fingerprint density at radius 3 is 2.58 bits per heavy atom. The molecule has 3 nitrogen and oxygen atoms in total. The number of fused-ring (bicyclic) bond motifs is 3. The van der Waals surface area contributed by atoms with Gasteiger partial charge in [-0.2, -0.15) is 0 Å². The summed E-state index contributed by atoms with van der Waals surface area (Å²) >= 11 is 5.26. The van der Waals surface area contributed by atoms with E-state index in [2.05, 4.69) is 40.6 Å². The van der Waals surface area contributed by atoms with Crippen LogP contribution in [0.15, 0.2) is 42.5 Å². The number of para-hydroxylation sites is 1. The van der Waals surface area contributed by atoms with Crippen molar-refractivity contribution in [1.29, 1.82) is 0 Å². The Hall–Kier alpha value is -2.07. The minimum Gasteiger partial charge on any atom is -0.355 e. The van der Waals surface area contributed by atoms with Gasteiger partial charge in [0.05, 0.1) is 0 Å². The van der Waals surface area contributed by atoms with Gasteiger partial charge in [0.25, 0.3) is 0 Å². The van der Waals surface area contributed by atoms with E-state index in [0.717, 1.165) is 16.7 Å². The largest absolute Gasteiger partial charge is 0.355 e. The second-order valence-corrected chi connectivity index (χ2v) is 5.14. The fourth-order valence-electron chi connectivity index (χ4n) is 2.16. The Balaban J connectivity index is 2.09. The maximum Gasteiger partial charge on any atom is 0.172 e. The summed E-state index contributed by atoms with van der Waals surface area (Å²) in [5.41, 5.74) is 3.31. The molecule has 0 bridgehead atoms.